The summed E-state index contributed by atoms with van der Waals surface area (Å²) < 4.78 is 48.4. The van der Waals surface area contributed by atoms with Crippen molar-refractivity contribution in [1.29, 1.82) is 0 Å². The van der Waals surface area contributed by atoms with E-state index in [1.807, 2.05) is 74.4 Å². The Morgan fingerprint density at radius 1 is 0.969 bits per heavy atom. The first-order valence-corrected chi connectivity index (χ1v) is 12.8. The van der Waals surface area contributed by atoms with E-state index in [2.05, 4.69) is 20.4 Å². The van der Waals surface area contributed by atoms with Gasteiger partial charge in [0.1, 0.15) is 5.75 Å². The molecule has 0 spiro atoms. The van der Waals surface area contributed by atoms with E-state index in [1.54, 1.807) is 6.08 Å². The molecule has 1 atom stereocenters. The molecule has 1 aromatic carbocycles. The number of benzene rings is 1. The van der Waals surface area contributed by atoms with Crippen LogP contribution in [0.4, 0.5) is 8.78 Å². The molecular formula is C24H46F2O4S2. The third-order valence-electron chi connectivity index (χ3n) is 3.54. The number of halogens is 2. The lowest BCUT2D eigenvalue weighted by molar-refractivity contribution is 0.186. The van der Waals surface area contributed by atoms with E-state index < -0.39 is 27.7 Å². The smallest absolute Gasteiger partial charge is 0.400 e. The van der Waals surface area contributed by atoms with Gasteiger partial charge in [0.2, 0.25) is 0 Å². The zero-order valence-electron chi connectivity index (χ0n) is 22.0. The minimum atomic E-state index is -3.88. The van der Waals surface area contributed by atoms with Crippen molar-refractivity contribution in [1.82, 2.24) is 0 Å². The Hall–Kier alpha value is -0.960. The number of hydrogen-bond donors (Lipinski definition) is 2. The second-order valence-corrected chi connectivity index (χ2v) is 8.88. The molecule has 8 heteroatoms. The fraction of sp³-hybridized carbons (Fsp3) is 0.667. The maximum absolute atomic E-state index is 13.4. The van der Waals surface area contributed by atoms with Crippen LogP contribution in [0.3, 0.4) is 0 Å². The average molecular weight is 501 g/mol. The number of rotatable bonds is 7. The van der Waals surface area contributed by atoms with E-state index in [-0.39, 0.29) is 23.5 Å². The standard InChI is InChI=1S/C16H24F2O3S2.C3H6.2C2H6.CH4O/c1-9(2)12-7-13(10(3)4)15(14(8-12)11(5)6)21-23(20)16(17,18)22-19;1-3-2;3*1-2/h7-11,19H,1-6H3;3H,1H2,2H3;2*1-2H3;2H,1H3. The van der Waals surface area contributed by atoms with Crippen molar-refractivity contribution in [3.8, 4) is 5.75 Å². The Bertz CT molecular complexity index is 591. The molecule has 0 aliphatic carbocycles. The molecule has 0 fully saturated rings. The molecule has 0 heterocycles. The molecule has 32 heavy (non-hydrogen) atoms. The molecule has 0 aliphatic rings. The molecule has 1 aromatic rings. The van der Waals surface area contributed by atoms with Crippen LogP contribution >= 0.6 is 12.0 Å². The number of aliphatic hydroxyl groups is 1. The minimum absolute atomic E-state index is 0.0219. The molecule has 1 unspecified atom stereocenters. The third-order valence-corrected chi connectivity index (χ3v) is 5.09. The maximum Gasteiger partial charge on any atom is 0.427 e. The van der Waals surface area contributed by atoms with Gasteiger partial charge in [-0.25, -0.2) is 4.21 Å². The van der Waals surface area contributed by atoms with Gasteiger partial charge in [0, 0.05) is 7.11 Å². The van der Waals surface area contributed by atoms with Crippen LogP contribution < -0.4 is 4.18 Å². The van der Waals surface area contributed by atoms with Gasteiger partial charge in [-0.15, -0.1) is 6.58 Å². The van der Waals surface area contributed by atoms with Gasteiger partial charge in [0.25, 0.3) is 11.1 Å². The molecule has 4 nitrogen and oxygen atoms in total. The molecule has 0 radical (unpaired) electrons. The van der Waals surface area contributed by atoms with Gasteiger partial charge in [-0.05, 0) is 41.4 Å². The number of allylic oxidation sites excluding steroid dienone is 1. The third kappa shape index (κ3) is 14.2. The van der Waals surface area contributed by atoms with Crippen molar-refractivity contribution in [2.24, 2.45) is 0 Å². The minimum Gasteiger partial charge on any atom is -0.400 e. The van der Waals surface area contributed by atoms with Crippen molar-refractivity contribution in [2.75, 3.05) is 7.11 Å². The van der Waals surface area contributed by atoms with Crippen LogP contribution in [0.1, 0.15) is 111 Å². The van der Waals surface area contributed by atoms with E-state index in [4.69, 9.17) is 13.8 Å². The topological polar surface area (TPSA) is 66.8 Å². The Labute approximate surface area is 202 Å². The van der Waals surface area contributed by atoms with Gasteiger partial charge in [-0.3, -0.25) is 0 Å². The zero-order chi connectivity index (χ0) is 26.7. The highest BCUT2D eigenvalue weighted by molar-refractivity contribution is 8.07. The molecule has 1 rings (SSSR count). The summed E-state index contributed by atoms with van der Waals surface area (Å²) in [6, 6.07) is 3.83. The summed E-state index contributed by atoms with van der Waals surface area (Å²) in [6.45, 7) is 25.1. The summed E-state index contributed by atoms with van der Waals surface area (Å²) in [7, 11) is 1.00. The number of hydrogen-bond acceptors (Lipinski definition) is 5. The molecule has 0 bridgehead atoms. The fourth-order valence-corrected chi connectivity index (χ4v) is 2.93. The number of alkyl halides is 2. The summed E-state index contributed by atoms with van der Waals surface area (Å²) in [5, 5.41) is 7.00. The van der Waals surface area contributed by atoms with Crippen molar-refractivity contribution < 1.29 is 26.8 Å². The summed E-state index contributed by atoms with van der Waals surface area (Å²) in [5.41, 5.74) is 2.57. The lowest BCUT2D eigenvalue weighted by Gasteiger charge is -2.23. The first-order valence-electron chi connectivity index (χ1n) is 10.9. The molecule has 0 amide bonds. The van der Waals surface area contributed by atoms with Crippen molar-refractivity contribution >= 4 is 23.1 Å². The fourth-order valence-electron chi connectivity index (χ4n) is 2.14. The maximum atomic E-state index is 13.4. The molecule has 0 aliphatic heterocycles. The highest BCUT2D eigenvalue weighted by Gasteiger charge is 2.42. The van der Waals surface area contributed by atoms with Gasteiger partial charge in [-0.2, -0.15) is 8.78 Å². The molecular weight excluding hydrogens is 454 g/mol. The van der Waals surface area contributed by atoms with Crippen molar-refractivity contribution in [3.05, 3.63) is 41.5 Å². The van der Waals surface area contributed by atoms with Gasteiger partial charge in [0.15, 0.2) is 0 Å². The van der Waals surface area contributed by atoms with Crippen LogP contribution in [0, 0.1) is 0 Å². The van der Waals surface area contributed by atoms with Crippen LogP contribution in [0.2, 0.25) is 0 Å². The van der Waals surface area contributed by atoms with Crippen LogP contribution in [0.25, 0.3) is 0 Å². The van der Waals surface area contributed by atoms with Gasteiger partial charge >= 0.3 is 4.59 Å². The Kier molecular flexibility index (Phi) is 26.2. The SMILES string of the molecule is C=CC.CC.CC.CC(C)c1cc(C(C)C)c(OS(=O)C(F)(F)SO)c(C(C)C)c1.CO. The van der Waals surface area contributed by atoms with Crippen LogP contribution in [-0.2, 0) is 11.1 Å². The van der Waals surface area contributed by atoms with Crippen molar-refractivity contribution in [3.63, 3.8) is 0 Å². The molecule has 0 aromatic heterocycles. The number of aliphatic hydroxyl groups excluding tert-OH is 1. The molecule has 0 saturated heterocycles. The summed E-state index contributed by atoms with van der Waals surface area (Å²) in [5.74, 6) is 0.549. The van der Waals surface area contributed by atoms with E-state index in [9.17, 15) is 13.0 Å². The molecule has 0 saturated carbocycles. The summed E-state index contributed by atoms with van der Waals surface area (Å²) in [6.07, 6.45) is 1.75. The van der Waals surface area contributed by atoms with Crippen LogP contribution in [-0.4, -0.2) is 25.6 Å². The highest BCUT2D eigenvalue weighted by Crippen LogP contribution is 2.40. The highest BCUT2D eigenvalue weighted by atomic mass is 32.2. The van der Waals surface area contributed by atoms with Crippen LogP contribution in [0.15, 0.2) is 24.8 Å². The van der Waals surface area contributed by atoms with Crippen molar-refractivity contribution in [2.45, 2.75) is 98.5 Å². The Balaban J connectivity index is -0.000000381. The second kappa shape index (κ2) is 21.9. The van der Waals surface area contributed by atoms with Gasteiger partial charge in [0.05, 0.1) is 12.0 Å². The van der Waals surface area contributed by atoms with E-state index in [0.717, 1.165) is 23.8 Å². The molecule has 2 N–H and O–H groups in total. The monoisotopic (exact) mass is 500 g/mol. The van der Waals surface area contributed by atoms with E-state index >= 15 is 0 Å². The first kappa shape index (κ1) is 38.3. The molecule has 192 valence electrons. The largest absolute Gasteiger partial charge is 0.427 e. The zero-order valence-corrected chi connectivity index (χ0v) is 23.6. The average Bonchev–Trinajstić information content (AvgIpc) is 2.77. The Morgan fingerprint density at radius 3 is 1.50 bits per heavy atom. The summed E-state index contributed by atoms with van der Waals surface area (Å²) >= 11 is -3.74. The van der Waals surface area contributed by atoms with E-state index in [1.165, 1.54) is 0 Å². The summed E-state index contributed by atoms with van der Waals surface area (Å²) in [4.78, 5) is 0. The van der Waals surface area contributed by atoms with Crippen LogP contribution in [0.5, 0.6) is 5.75 Å². The Morgan fingerprint density at radius 2 is 1.28 bits per heavy atom. The normalized spacial score (nSPS) is 11.0. The van der Waals surface area contributed by atoms with Gasteiger partial charge in [-0.1, -0.05) is 87.4 Å². The predicted molar refractivity (Wildman–Crippen MR) is 139 cm³/mol. The van der Waals surface area contributed by atoms with E-state index in [0.29, 0.717) is 0 Å². The quantitative estimate of drug-likeness (QED) is 0.289. The first-order chi connectivity index (χ1) is 14.9. The lowest BCUT2D eigenvalue weighted by atomic mass is 9.88. The lowest BCUT2D eigenvalue weighted by Crippen LogP contribution is -2.23. The second-order valence-electron chi connectivity index (χ2n) is 6.77. The van der Waals surface area contributed by atoms with Gasteiger partial charge < -0.3 is 13.8 Å². The predicted octanol–water partition coefficient (Wildman–Crippen LogP) is 8.71.